The van der Waals surface area contributed by atoms with Gasteiger partial charge in [0.1, 0.15) is 11.5 Å². The number of rotatable bonds is 3. The molecule has 64 valence electrons. The second-order valence-electron chi connectivity index (χ2n) is 2.12. The molecule has 0 spiro atoms. The average Bonchev–Trinajstić information content (AvgIpc) is 2.05. The Labute approximate surface area is 70.5 Å². The maximum atomic E-state index is 8.43. The quantitative estimate of drug-likeness (QED) is 0.625. The second kappa shape index (κ2) is 3.99. The summed E-state index contributed by atoms with van der Waals surface area (Å²) < 4.78 is 9.46. The molecule has 0 radical (unpaired) electrons. The first-order chi connectivity index (χ1) is 5.72. The van der Waals surface area contributed by atoms with Crippen LogP contribution in [-0.2, 0) is 0 Å². The zero-order chi connectivity index (χ0) is 8.97. The first-order valence-electron chi connectivity index (χ1n) is 3.39. The van der Waals surface area contributed by atoms with Gasteiger partial charge in [0.25, 0.3) is 0 Å². The van der Waals surface area contributed by atoms with Gasteiger partial charge < -0.3 is 19.4 Å². The lowest BCUT2D eigenvalue weighted by Crippen LogP contribution is -2.20. The molecular formula is C7H9BO4. The second-order valence-corrected chi connectivity index (χ2v) is 2.12. The molecular weight excluding hydrogens is 159 g/mol. The van der Waals surface area contributed by atoms with Crippen LogP contribution in [0.2, 0.25) is 0 Å². The SMILES string of the molecule is COc1ccc(OB(O)O)cc1. The predicted molar refractivity (Wildman–Crippen MR) is 43.8 cm³/mol. The third-order valence-electron chi connectivity index (χ3n) is 1.30. The molecule has 5 heteroatoms. The number of hydrogen-bond donors (Lipinski definition) is 2. The van der Waals surface area contributed by atoms with Gasteiger partial charge in [0.05, 0.1) is 7.11 Å². The molecule has 0 unspecified atom stereocenters. The maximum absolute atomic E-state index is 8.43. The molecule has 1 aromatic carbocycles. The van der Waals surface area contributed by atoms with Crippen LogP contribution in [0.4, 0.5) is 0 Å². The van der Waals surface area contributed by atoms with E-state index >= 15 is 0 Å². The van der Waals surface area contributed by atoms with Crippen LogP contribution in [0, 0.1) is 0 Å². The standard InChI is InChI=1S/C7H9BO4/c1-11-6-2-4-7(5-3-6)12-8(9)10/h2-5,9-10H,1H3. The number of hydrogen-bond acceptors (Lipinski definition) is 4. The van der Waals surface area contributed by atoms with Crippen LogP contribution in [0.25, 0.3) is 0 Å². The third-order valence-corrected chi connectivity index (χ3v) is 1.30. The van der Waals surface area contributed by atoms with E-state index in [-0.39, 0.29) is 0 Å². The average molecular weight is 168 g/mol. The van der Waals surface area contributed by atoms with Crippen molar-refractivity contribution < 1.29 is 19.4 Å². The van der Waals surface area contributed by atoms with Gasteiger partial charge in [-0.05, 0) is 24.3 Å². The summed E-state index contributed by atoms with van der Waals surface area (Å²) in [4.78, 5) is 0. The Morgan fingerprint density at radius 2 is 1.58 bits per heavy atom. The minimum atomic E-state index is -1.78. The van der Waals surface area contributed by atoms with E-state index in [1.54, 1.807) is 31.4 Å². The zero-order valence-electron chi connectivity index (χ0n) is 6.60. The van der Waals surface area contributed by atoms with Crippen LogP contribution in [-0.4, -0.2) is 24.5 Å². The largest absolute Gasteiger partial charge is 0.707 e. The topological polar surface area (TPSA) is 58.9 Å². The van der Waals surface area contributed by atoms with Gasteiger partial charge in [-0.25, -0.2) is 0 Å². The molecule has 12 heavy (non-hydrogen) atoms. The van der Waals surface area contributed by atoms with Crippen LogP contribution < -0.4 is 9.39 Å². The van der Waals surface area contributed by atoms with Gasteiger partial charge in [0.2, 0.25) is 0 Å². The summed E-state index contributed by atoms with van der Waals surface area (Å²) in [6.07, 6.45) is 0. The molecule has 0 aliphatic rings. The van der Waals surface area contributed by atoms with E-state index in [1.165, 1.54) is 0 Å². The number of methoxy groups -OCH3 is 1. The Bertz CT molecular complexity index is 234. The molecule has 1 aromatic rings. The molecule has 0 amide bonds. The van der Waals surface area contributed by atoms with E-state index in [9.17, 15) is 0 Å². The fourth-order valence-electron chi connectivity index (χ4n) is 0.776. The summed E-state index contributed by atoms with van der Waals surface area (Å²) in [6.45, 7) is 0. The highest BCUT2D eigenvalue weighted by Crippen LogP contribution is 2.16. The molecule has 4 nitrogen and oxygen atoms in total. The Morgan fingerprint density at radius 1 is 1.08 bits per heavy atom. The summed E-state index contributed by atoms with van der Waals surface area (Å²) in [7, 11) is -0.227. The first kappa shape index (κ1) is 8.90. The minimum Gasteiger partial charge on any atom is -0.512 e. The summed E-state index contributed by atoms with van der Waals surface area (Å²) in [6, 6.07) is 6.49. The third kappa shape index (κ3) is 2.45. The molecule has 0 saturated heterocycles. The molecule has 0 saturated carbocycles. The van der Waals surface area contributed by atoms with Crippen molar-refractivity contribution in [3.05, 3.63) is 24.3 Å². The van der Waals surface area contributed by atoms with E-state index in [0.717, 1.165) is 0 Å². The van der Waals surface area contributed by atoms with Crippen molar-refractivity contribution in [1.82, 2.24) is 0 Å². The lowest BCUT2D eigenvalue weighted by atomic mass is 10.2. The van der Waals surface area contributed by atoms with Crippen molar-refractivity contribution in [2.45, 2.75) is 0 Å². The van der Waals surface area contributed by atoms with E-state index in [2.05, 4.69) is 4.65 Å². The van der Waals surface area contributed by atoms with Crippen molar-refractivity contribution in [3.63, 3.8) is 0 Å². The van der Waals surface area contributed by atoms with E-state index in [0.29, 0.717) is 11.5 Å². The van der Waals surface area contributed by atoms with Crippen LogP contribution in [0.5, 0.6) is 11.5 Å². The van der Waals surface area contributed by atoms with Crippen molar-refractivity contribution in [1.29, 1.82) is 0 Å². The fraction of sp³-hybridized carbons (Fsp3) is 0.143. The maximum Gasteiger partial charge on any atom is 0.707 e. The predicted octanol–water partition coefficient (Wildman–Crippen LogP) is 0.0435. The molecule has 0 bridgehead atoms. The smallest absolute Gasteiger partial charge is 0.512 e. The van der Waals surface area contributed by atoms with Crippen molar-refractivity contribution in [3.8, 4) is 11.5 Å². The highest BCUT2D eigenvalue weighted by atomic mass is 16.6. The Kier molecular flexibility index (Phi) is 2.96. The summed E-state index contributed by atoms with van der Waals surface area (Å²) in [5.74, 6) is 1.07. The summed E-state index contributed by atoms with van der Waals surface area (Å²) in [5, 5.41) is 16.9. The fourth-order valence-corrected chi connectivity index (χ4v) is 0.776. The number of benzene rings is 1. The normalized spacial score (nSPS) is 9.25. The van der Waals surface area contributed by atoms with Gasteiger partial charge in [-0.2, -0.15) is 0 Å². The Balaban J connectivity index is 2.65. The Morgan fingerprint density at radius 3 is 2.00 bits per heavy atom. The van der Waals surface area contributed by atoms with E-state index < -0.39 is 7.32 Å². The van der Waals surface area contributed by atoms with Gasteiger partial charge >= 0.3 is 7.32 Å². The highest BCUT2D eigenvalue weighted by molar-refractivity contribution is 6.33. The molecule has 1 rings (SSSR count). The van der Waals surface area contributed by atoms with Crippen LogP contribution in [0.1, 0.15) is 0 Å². The lowest BCUT2D eigenvalue weighted by molar-refractivity contribution is 0.288. The molecule has 0 aliphatic carbocycles. The zero-order valence-corrected chi connectivity index (χ0v) is 6.60. The van der Waals surface area contributed by atoms with Gasteiger partial charge in [-0.3, -0.25) is 0 Å². The van der Waals surface area contributed by atoms with Crippen LogP contribution in [0.15, 0.2) is 24.3 Å². The minimum absolute atomic E-state index is 0.380. The molecule has 0 fully saturated rings. The van der Waals surface area contributed by atoms with E-state index in [1.807, 2.05) is 0 Å². The van der Waals surface area contributed by atoms with Crippen molar-refractivity contribution >= 4 is 7.32 Å². The lowest BCUT2D eigenvalue weighted by Gasteiger charge is -2.04. The van der Waals surface area contributed by atoms with Crippen LogP contribution in [0.3, 0.4) is 0 Å². The van der Waals surface area contributed by atoms with E-state index in [4.69, 9.17) is 14.8 Å². The van der Waals surface area contributed by atoms with Gasteiger partial charge in [-0.1, -0.05) is 0 Å². The molecule has 0 aliphatic heterocycles. The van der Waals surface area contributed by atoms with Gasteiger partial charge in [0, 0.05) is 0 Å². The summed E-state index contributed by atoms with van der Waals surface area (Å²) in [5.41, 5.74) is 0. The highest BCUT2D eigenvalue weighted by Gasteiger charge is 2.10. The van der Waals surface area contributed by atoms with Crippen molar-refractivity contribution in [2.24, 2.45) is 0 Å². The molecule has 0 atom stereocenters. The van der Waals surface area contributed by atoms with Gasteiger partial charge in [-0.15, -0.1) is 0 Å². The first-order valence-corrected chi connectivity index (χ1v) is 3.39. The Hall–Kier alpha value is -1.20. The van der Waals surface area contributed by atoms with Gasteiger partial charge in [0.15, 0.2) is 0 Å². The van der Waals surface area contributed by atoms with Crippen molar-refractivity contribution in [2.75, 3.05) is 7.11 Å². The monoisotopic (exact) mass is 168 g/mol. The molecule has 0 heterocycles. The molecule has 0 aromatic heterocycles. The summed E-state index contributed by atoms with van der Waals surface area (Å²) >= 11 is 0. The number of ether oxygens (including phenoxy) is 1. The van der Waals surface area contributed by atoms with Crippen LogP contribution >= 0.6 is 0 Å². The molecule has 2 N–H and O–H groups in total.